The van der Waals surface area contributed by atoms with Crippen molar-refractivity contribution in [2.45, 2.75) is 32.8 Å². The summed E-state index contributed by atoms with van der Waals surface area (Å²) in [5.74, 6) is 0.597. The van der Waals surface area contributed by atoms with Gasteiger partial charge in [-0.25, -0.2) is 14.8 Å². The van der Waals surface area contributed by atoms with Gasteiger partial charge in [0.05, 0.1) is 0 Å². The van der Waals surface area contributed by atoms with Gasteiger partial charge in [-0.3, -0.25) is 0 Å². The molecule has 1 aliphatic rings. The first-order valence-electron chi connectivity index (χ1n) is 8.55. The number of nitrogens with zero attached hydrogens (tertiary/aromatic N) is 3. The van der Waals surface area contributed by atoms with Gasteiger partial charge in [-0.2, -0.15) is 0 Å². The van der Waals surface area contributed by atoms with E-state index in [9.17, 15) is 4.79 Å². The van der Waals surface area contributed by atoms with Gasteiger partial charge in [0, 0.05) is 36.8 Å². The molecule has 0 unspecified atom stereocenters. The first kappa shape index (κ1) is 19.4. The number of rotatable bonds is 4. The zero-order valence-electron chi connectivity index (χ0n) is 15.6. The van der Waals surface area contributed by atoms with Crippen molar-refractivity contribution in [2.75, 3.05) is 13.1 Å². The Kier molecular flexibility index (Phi) is 6.33. The first-order chi connectivity index (χ1) is 12.3. The molecule has 2 N–H and O–H groups in total. The van der Waals surface area contributed by atoms with E-state index >= 15 is 0 Å². The second-order valence-corrected chi connectivity index (χ2v) is 6.93. The van der Waals surface area contributed by atoms with Crippen molar-refractivity contribution in [1.82, 2.24) is 14.9 Å². The summed E-state index contributed by atoms with van der Waals surface area (Å²) in [4.78, 5) is 22.2. The molecule has 0 aromatic carbocycles. The molecular formula is C20H26N4O2. The van der Waals surface area contributed by atoms with Crippen molar-refractivity contribution < 1.29 is 9.53 Å². The maximum atomic E-state index is 12.1. The highest BCUT2D eigenvalue weighted by atomic mass is 16.6. The lowest BCUT2D eigenvalue weighted by atomic mass is 10.0. The van der Waals surface area contributed by atoms with Crippen LogP contribution in [0, 0.1) is 0 Å². The number of aromatic nitrogens is 2. The van der Waals surface area contributed by atoms with Gasteiger partial charge >= 0.3 is 6.09 Å². The Bertz CT molecular complexity index is 743. The lowest BCUT2D eigenvalue weighted by Gasteiger charge is -2.29. The number of carbonyl (C=O) groups is 1. The summed E-state index contributed by atoms with van der Waals surface area (Å²) in [7, 11) is 0. The first-order valence-corrected chi connectivity index (χ1v) is 8.55. The van der Waals surface area contributed by atoms with Gasteiger partial charge in [0.1, 0.15) is 5.60 Å². The van der Waals surface area contributed by atoms with Crippen molar-refractivity contribution in [1.29, 1.82) is 0 Å². The predicted molar refractivity (Wildman–Crippen MR) is 103 cm³/mol. The Morgan fingerprint density at radius 3 is 2.54 bits per heavy atom. The van der Waals surface area contributed by atoms with E-state index in [1.165, 1.54) is 0 Å². The van der Waals surface area contributed by atoms with Crippen LogP contribution in [0.4, 0.5) is 4.79 Å². The van der Waals surface area contributed by atoms with Gasteiger partial charge in [-0.15, -0.1) is 0 Å². The summed E-state index contributed by atoms with van der Waals surface area (Å²) in [6.07, 6.45) is 11.1. The quantitative estimate of drug-likeness (QED) is 0.838. The number of carbonyl (C=O) groups excluding carboxylic acids is 1. The second-order valence-electron chi connectivity index (χ2n) is 6.93. The van der Waals surface area contributed by atoms with E-state index in [0.29, 0.717) is 31.0 Å². The third kappa shape index (κ3) is 5.58. The summed E-state index contributed by atoms with van der Waals surface area (Å²) in [5, 5.41) is 0. The fourth-order valence-corrected chi connectivity index (χ4v) is 2.39. The molecular weight excluding hydrogens is 328 g/mol. The molecule has 0 fully saturated rings. The summed E-state index contributed by atoms with van der Waals surface area (Å²) in [6.45, 7) is 10.4. The molecule has 0 saturated carbocycles. The average Bonchev–Trinajstić information content (AvgIpc) is 2.61. The lowest BCUT2D eigenvalue weighted by Crippen LogP contribution is -2.39. The van der Waals surface area contributed by atoms with Gasteiger partial charge in [0.15, 0.2) is 5.82 Å². The normalized spacial score (nSPS) is 16.1. The van der Waals surface area contributed by atoms with Crippen LogP contribution in [-0.2, 0) is 4.74 Å². The molecule has 0 aliphatic carbocycles. The molecule has 26 heavy (non-hydrogen) atoms. The van der Waals surface area contributed by atoms with Crippen molar-refractivity contribution in [3.8, 4) is 0 Å². The lowest BCUT2D eigenvalue weighted by molar-refractivity contribution is 0.0266. The minimum atomic E-state index is -0.495. The fourth-order valence-electron chi connectivity index (χ4n) is 2.39. The molecule has 138 valence electrons. The zero-order chi connectivity index (χ0) is 19.2. The summed E-state index contributed by atoms with van der Waals surface area (Å²) < 4.78 is 5.39. The van der Waals surface area contributed by atoms with E-state index in [4.69, 9.17) is 10.5 Å². The molecule has 1 aliphatic heterocycles. The van der Waals surface area contributed by atoms with E-state index < -0.39 is 5.60 Å². The standard InChI is InChI=1S/C20H26N4O2/c1-5-15(18-22-11-6-12-23-18)7-8-17(21)16-9-13-24(14-10-16)19(25)26-20(2,3)4/h5-9,11-12H,1,10,13-14,21H2,2-4H3/b15-7+,17-8-. The Morgan fingerprint density at radius 1 is 1.31 bits per heavy atom. The van der Waals surface area contributed by atoms with Crippen LogP contribution < -0.4 is 5.73 Å². The van der Waals surface area contributed by atoms with Crippen molar-refractivity contribution in [2.24, 2.45) is 5.73 Å². The minimum Gasteiger partial charge on any atom is -0.444 e. The van der Waals surface area contributed by atoms with Crippen molar-refractivity contribution in [3.63, 3.8) is 0 Å². The smallest absolute Gasteiger partial charge is 0.410 e. The third-order valence-electron chi connectivity index (χ3n) is 3.72. The largest absolute Gasteiger partial charge is 0.444 e. The average molecular weight is 354 g/mol. The highest BCUT2D eigenvalue weighted by Crippen LogP contribution is 2.19. The number of hydrogen-bond acceptors (Lipinski definition) is 5. The SMILES string of the molecule is C=C/C(=C\C=C(/N)C1=CCN(C(=O)OC(C)(C)C)CC1)c1ncccn1. The summed E-state index contributed by atoms with van der Waals surface area (Å²) in [6, 6.07) is 1.76. The van der Waals surface area contributed by atoms with Gasteiger partial charge in [0.25, 0.3) is 0 Å². The third-order valence-corrected chi connectivity index (χ3v) is 3.72. The highest BCUT2D eigenvalue weighted by Gasteiger charge is 2.23. The number of hydrogen-bond donors (Lipinski definition) is 1. The van der Waals surface area contributed by atoms with E-state index in [1.807, 2.05) is 39.0 Å². The maximum Gasteiger partial charge on any atom is 0.410 e. The van der Waals surface area contributed by atoms with Crippen LogP contribution in [-0.4, -0.2) is 39.7 Å². The number of amides is 1. The molecule has 6 heteroatoms. The molecule has 0 radical (unpaired) electrons. The Balaban J connectivity index is 2.05. The van der Waals surface area contributed by atoms with Gasteiger partial charge in [-0.1, -0.05) is 18.7 Å². The molecule has 2 heterocycles. The topological polar surface area (TPSA) is 81.3 Å². The van der Waals surface area contributed by atoms with Crippen LogP contribution in [0.5, 0.6) is 0 Å². The monoisotopic (exact) mass is 354 g/mol. The Hall–Kier alpha value is -2.89. The zero-order valence-corrected chi connectivity index (χ0v) is 15.6. The molecule has 2 rings (SSSR count). The van der Waals surface area contributed by atoms with Crippen molar-refractivity contribution in [3.05, 3.63) is 66.4 Å². The molecule has 6 nitrogen and oxygen atoms in total. The van der Waals surface area contributed by atoms with Crippen LogP contribution in [0.3, 0.4) is 0 Å². The second kappa shape index (κ2) is 8.47. The minimum absolute atomic E-state index is 0.301. The van der Waals surface area contributed by atoms with Gasteiger partial charge in [0.2, 0.25) is 0 Å². The molecule has 1 amide bonds. The Labute approximate surface area is 154 Å². The van der Waals surface area contributed by atoms with E-state index in [1.54, 1.807) is 29.4 Å². The molecule has 1 aromatic rings. The number of allylic oxidation sites excluding steroid dienone is 5. The summed E-state index contributed by atoms with van der Waals surface area (Å²) >= 11 is 0. The predicted octanol–water partition coefficient (Wildman–Crippen LogP) is 3.46. The van der Waals surface area contributed by atoms with Gasteiger partial charge < -0.3 is 15.4 Å². The molecule has 0 atom stereocenters. The van der Waals surface area contributed by atoms with Crippen LogP contribution in [0.25, 0.3) is 5.57 Å². The molecule has 0 spiro atoms. The Morgan fingerprint density at radius 2 is 2.00 bits per heavy atom. The fraction of sp³-hybridized carbons (Fsp3) is 0.350. The molecule has 1 aromatic heterocycles. The van der Waals surface area contributed by atoms with E-state index in [-0.39, 0.29) is 6.09 Å². The maximum absolute atomic E-state index is 12.1. The van der Waals surface area contributed by atoms with Crippen molar-refractivity contribution >= 4 is 11.7 Å². The van der Waals surface area contributed by atoms with Crippen LogP contribution in [0.1, 0.15) is 33.0 Å². The highest BCUT2D eigenvalue weighted by molar-refractivity contribution is 5.70. The number of nitrogens with two attached hydrogens (primary N) is 1. The van der Waals surface area contributed by atoms with E-state index in [0.717, 1.165) is 11.1 Å². The number of ether oxygens (including phenoxy) is 1. The molecule has 0 bridgehead atoms. The summed E-state index contributed by atoms with van der Waals surface area (Å²) in [5.41, 5.74) is 8.16. The molecule has 0 saturated heterocycles. The van der Waals surface area contributed by atoms with Gasteiger partial charge in [-0.05, 0) is 51.0 Å². The van der Waals surface area contributed by atoms with Crippen LogP contribution >= 0.6 is 0 Å². The van der Waals surface area contributed by atoms with E-state index in [2.05, 4.69) is 16.5 Å². The van der Waals surface area contributed by atoms with Crippen LogP contribution in [0.15, 0.2) is 60.6 Å². The van der Waals surface area contributed by atoms with Crippen LogP contribution in [0.2, 0.25) is 0 Å².